The van der Waals surface area contributed by atoms with Crippen molar-refractivity contribution in [3.63, 3.8) is 0 Å². The number of nitriles is 1. The smallest absolute Gasteiger partial charge is 0.324 e. The Kier molecular flexibility index (Phi) is 4.38. The van der Waals surface area contributed by atoms with E-state index in [0.29, 0.717) is 6.42 Å². The largest absolute Gasteiger partial charge is 0.329 e. The van der Waals surface area contributed by atoms with E-state index in [9.17, 15) is 14.0 Å². The molecule has 1 heterocycles. The van der Waals surface area contributed by atoms with Gasteiger partial charge >= 0.3 is 6.03 Å². The summed E-state index contributed by atoms with van der Waals surface area (Å²) in [5.74, 6) is -0.762. The number of hydrogen-bond donors (Lipinski definition) is 1. The molecule has 0 aliphatic carbocycles. The van der Waals surface area contributed by atoms with Gasteiger partial charge in [0.25, 0.3) is 0 Å². The average molecular weight is 290 g/mol. The first-order valence-corrected chi connectivity index (χ1v) is 6.54. The van der Waals surface area contributed by atoms with Crippen molar-refractivity contribution in [1.29, 1.82) is 5.26 Å². The molecular formula is C14H15FN4O2. The van der Waals surface area contributed by atoms with Crippen molar-refractivity contribution in [2.24, 2.45) is 0 Å². The summed E-state index contributed by atoms with van der Waals surface area (Å²) in [5.41, 5.74) is 1.05. The summed E-state index contributed by atoms with van der Waals surface area (Å²) in [6, 6.07) is 4.10. The number of nitrogens with one attached hydrogen (secondary N) is 1. The topological polar surface area (TPSA) is 76.4 Å². The minimum atomic E-state index is -0.475. The lowest BCUT2D eigenvalue weighted by atomic mass is 10.2. The summed E-state index contributed by atoms with van der Waals surface area (Å²) in [6.45, 7) is 2.25. The summed E-state index contributed by atoms with van der Waals surface area (Å²) < 4.78 is 13.7. The zero-order chi connectivity index (χ0) is 15.4. The molecule has 1 fully saturated rings. The zero-order valence-corrected chi connectivity index (χ0v) is 11.6. The Hall–Kier alpha value is -2.62. The van der Waals surface area contributed by atoms with Gasteiger partial charge in [0.2, 0.25) is 5.91 Å². The van der Waals surface area contributed by atoms with E-state index >= 15 is 0 Å². The molecule has 1 N–H and O–H groups in total. The van der Waals surface area contributed by atoms with Gasteiger partial charge in [-0.25, -0.2) is 9.18 Å². The number of halogens is 1. The van der Waals surface area contributed by atoms with Gasteiger partial charge in [-0.15, -0.1) is 0 Å². The highest BCUT2D eigenvalue weighted by molar-refractivity contribution is 6.01. The Morgan fingerprint density at radius 2 is 2.24 bits per heavy atom. The molecule has 0 saturated carbocycles. The molecule has 1 saturated heterocycles. The predicted octanol–water partition coefficient (Wildman–Crippen LogP) is 1.36. The lowest BCUT2D eigenvalue weighted by Gasteiger charge is -2.18. The highest BCUT2D eigenvalue weighted by Crippen LogP contribution is 2.20. The van der Waals surface area contributed by atoms with Gasteiger partial charge in [0.05, 0.1) is 12.2 Å². The molecule has 0 aromatic heterocycles. The van der Waals surface area contributed by atoms with E-state index in [1.54, 1.807) is 12.1 Å². The van der Waals surface area contributed by atoms with Crippen LogP contribution in [-0.2, 0) is 4.79 Å². The Labute approximate surface area is 121 Å². The minimum Gasteiger partial charge on any atom is -0.329 e. The van der Waals surface area contributed by atoms with Gasteiger partial charge in [0.1, 0.15) is 5.82 Å². The second kappa shape index (κ2) is 6.22. The van der Waals surface area contributed by atoms with Crippen LogP contribution in [0.15, 0.2) is 18.2 Å². The van der Waals surface area contributed by atoms with Gasteiger partial charge in [-0.2, -0.15) is 5.26 Å². The number of carbonyl (C=O) groups excluding carboxylic acids is 2. The maximum absolute atomic E-state index is 13.7. The van der Waals surface area contributed by atoms with E-state index in [0.717, 1.165) is 10.5 Å². The molecule has 3 amide bonds. The zero-order valence-electron chi connectivity index (χ0n) is 11.6. The molecule has 1 aromatic carbocycles. The third kappa shape index (κ3) is 3.28. The monoisotopic (exact) mass is 290 g/mol. The Morgan fingerprint density at radius 1 is 1.48 bits per heavy atom. The van der Waals surface area contributed by atoms with E-state index in [4.69, 9.17) is 5.26 Å². The molecule has 6 nitrogen and oxygen atoms in total. The lowest BCUT2D eigenvalue weighted by molar-refractivity contribution is -0.125. The molecule has 0 atom stereocenters. The number of aryl methyl sites for hydroxylation is 1. The van der Waals surface area contributed by atoms with Crippen LogP contribution < -0.4 is 10.2 Å². The highest BCUT2D eigenvalue weighted by atomic mass is 19.1. The SMILES string of the molecule is Cc1ccc(F)c(N(C#N)CCCN2C(=O)CNC2=O)c1. The van der Waals surface area contributed by atoms with Gasteiger partial charge < -0.3 is 5.32 Å². The van der Waals surface area contributed by atoms with E-state index < -0.39 is 11.8 Å². The van der Waals surface area contributed by atoms with Crippen molar-refractivity contribution in [3.8, 4) is 6.19 Å². The molecular weight excluding hydrogens is 275 g/mol. The van der Waals surface area contributed by atoms with Crippen LogP contribution in [0.25, 0.3) is 0 Å². The number of urea groups is 1. The molecule has 0 radical (unpaired) electrons. The molecule has 0 spiro atoms. The van der Waals surface area contributed by atoms with Gasteiger partial charge in [0, 0.05) is 13.1 Å². The standard InChI is InChI=1S/C14H15FN4O2/c1-10-3-4-11(15)12(7-10)18(9-16)5-2-6-19-13(20)8-17-14(19)21/h3-4,7H,2,5-6,8H2,1H3,(H,17,21). The molecule has 110 valence electrons. The van der Waals surface area contributed by atoms with Crippen molar-refractivity contribution in [2.45, 2.75) is 13.3 Å². The maximum atomic E-state index is 13.7. The number of benzene rings is 1. The van der Waals surface area contributed by atoms with Gasteiger partial charge in [-0.05, 0) is 31.0 Å². The first-order valence-electron chi connectivity index (χ1n) is 6.54. The average Bonchev–Trinajstić information content (AvgIpc) is 2.78. The number of hydrogen-bond acceptors (Lipinski definition) is 4. The van der Waals surface area contributed by atoms with Crippen molar-refractivity contribution in [3.05, 3.63) is 29.6 Å². The summed E-state index contributed by atoms with van der Waals surface area (Å²) in [6.07, 6.45) is 2.31. The van der Waals surface area contributed by atoms with Crippen LogP contribution in [0.2, 0.25) is 0 Å². The molecule has 1 aliphatic heterocycles. The normalized spacial score (nSPS) is 14.0. The third-order valence-corrected chi connectivity index (χ3v) is 3.21. The third-order valence-electron chi connectivity index (χ3n) is 3.21. The molecule has 0 unspecified atom stereocenters. The summed E-state index contributed by atoms with van der Waals surface area (Å²) in [4.78, 5) is 25.1. The van der Waals surface area contributed by atoms with Crippen molar-refractivity contribution >= 4 is 17.6 Å². The van der Waals surface area contributed by atoms with E-state index in [-0.39, 0.29) is 31.2 Å². The first-order chi connectivity index (χ1) is 10.0. The van der Waals surface area contributed by atoms with Crippen LogP contribution in [0, 0.1) is 24.2 Å². The lowest BCUT2D eigenvalue weighted by Crippen LogP contribution is -2.33. The molecule has 0 bridgehead atoms. The second-order valence-corrected chi connectivity index (χ2v) is 4.76. The first kappa shape index (κ1) is 14.8. The minimum absolute atomic E-state index is 0.00725. The Balaban J connectivity index is 1.97. The summed E-state index contributed by atoms with van der Waals surface area (Å²) >= 11 is 0. The van der Waals surface area contributed by atoms with Crippen LogP contribution in [0.5, 0.6) is 0 Å². The van der Waals surface area contributed by atoms with E-state index in [1.807, 2.05) is 13.1 Å². The van der Waals surface area contributed by atoms with Crippen molar-refractivity contribution < 1.29 is 14.0 Å². The van der Waals surface area contributed by atoms with Crippen LogP contribution >= 0.6 is 0 Å². The molecule has 2 rings (SSSR count). The number of imide groups is 1. The van der Waals surface area contributed by atoms with Crippen molar-refractivity contribution in [2.75, 3.05) is 24.5 Å². The van der Waals surface area contributed by atoms with Crippen molar-refractivity contribution in [1.82, 2.24) is 10.2 Å². The fraction of sp³-hybridized carbons (Fsp3) is 0.357. The van der Waals surface area contributed by atoms with Gasteiger partial charge in [0.15, 0.2) is 6.19 Å². The Morgan fingerprint density at radius 3 is 2.86 bits per heavy atom. The molecule has 21 heavy (non-hydrogen) atoms. The van der Waals surface area contributed by atoms with Crippen LogP contribution in [0.1, 0.15) is 12.0 Å². The number of amides is 3. The van der Waals surface area contributed by atoms with Gasteiger partial charge in [-0.3, -0.25) is 14.6 Å². The number of nitrogens with zero attached hydrogens (tertiary/aromatic N) is 3. The fourth-order valence-corrected chi connectivity index (χ4v) is 2.12. The fourth-order valence-electron chi connectivity index (χ4n) is 2.12. The van der Waals surface area contributed by atoms with E-state index in [2.05, 4.69) is 5.32 Å². The molecule has 1 aromatic rings. The van der Waals surface area contributed by atoms with Gasteiger partial charge in [-0.1, -0.05) is 6.07 Å². The predicted molar refractivity (Wildman–Crippen MR) is 73.8 cm³/mol. The maximum Gasteiger partial charge on any atom is 0.324 e. The number of anilines is 1. The van der Waals surface area contributed by atoms with E-state index in [1.165, 1.54) is 11.0 Å². The molecule has 1 aliphatic rings. The highest BCUT2D eigenvalue weighted by Gasteiger charge is 2.27. The second-order valence-electron chi connectivity index (χ2n) is 4.76. The number of rotatable bonds is 5. The molecule has 7 heteroatoms. The summed E-state index contributed by atoms with van der Waals surface area (Å²) in [5, 5.41) is 11.6. The number of carbonyl (C=O) groups is 2. The Bertz CT molecular complexity index is 595. The van der Waals surface area contributed by atoms with Crippen LogP contribution in [-0.4, -0.2) is 36.5 Å². The van der Waals surface area contributed by atoms with Crippen LogP contribution in [0.4, 0.5) is 14.9 Å². The van der Waals surface area contributed by atoms with Crippen LogP contribution in [0.3, 0.4) is 0 Å². The quantitative estimate of drug-likeness (QED) is 0.505. The summed E-state index contributed by atoms with van der Waals surface area (Å²) in [7, 11) is 0.